The van der Waals surface area contributed by atoms with Crippen LogP contribution in [0.15, 0.2) is 12.4 Å². The number of hydrogen-bond donors (Lipinski definition) is 8. The number of ketones is 1. The number of thiazole rings is 2. The number of carboxylic acid groups (broad SMARTS) is 1. The van der Waals surface area contributed by atoms with E-state index in [4.69, 9.17) is 30.8 Å². The van der Waals surface area contributed by atoms with Crippen LogP contribution in [0, 0.1) is 5.92 Å². The third-order valence-electron chi connectivity index (χ3n) is 7.27. The average Bonchev–Trinajstić information content (AvgIpc) is 3.87. The molecule has 10 N–H and O–H groups in total. The van der Waals surface area contributed by atoms with E-state index in [9.17, 15) is 47.9 Å². The summed E-state index contributed by atoms with van der Waals surface area (Å²) in [5.74, 6) is -4.31. The highest BCUT2D eigenvalue weighted by molar-refractivity contribution is 7.17. The molecule has 0 aromatic carbocycles. The van der Waals surface area contributed by atoms with E-state index >= 15 is 0 Å². The van der Waals surface area contributed by atoms with Gasteiger partial charge in [0.25, 0.3) is 0 Å². The lowest BCUT2D eigenvalue weighted by Crippen LogP contribution is -2.47. The van der Waals surface area contributed by atoms with Gasteiger partial charge in [-0.15, -0.1) is 24.8 Å². The summed E-state index contributed by atoms with van der Waals surface area (Å²) >= 11 is 2.26. The van der Waals surface area contributed by atoms with Crippen LogP contribution in [0.2, 0.25) is 0 Å². The molecule has 0 aliphatic rings. The normalized spacial score (nSPS) is 13.2. The number of carbonyl (C=O) groups excluding carboxylic acids is 9. The molecule has 0 radical (unpaired) electrons. The van der Waals surface area contributed by atoms with Crippen LogP contribution in [0.3, 0.4) is 0 Å². The third kappa shape index (κ3) is 35.7. The van der Waals surface area contributed by atoms with Crippen molar-refractivity contribution in [2.24, 2.45) is 17.4 Å². The first-order valence-corrected chi connectivity index (χ1v) is 22.8. The second-order valence-corrected chi connectivity index (χ2v) is 20.1. The maximum Gasteiger partial charge on any atom is 0.328 e. The lowest BCUT2D eigenvalue weighted by molar-refractivity contribution is -0.159. The third-order valence-corrected chi connectivity index (χ3v) is 9.03. The number of ether oxygens (including phenoxy) is 3. The Morgan fingerprint density at radius 1 is 0.586 bits per heavy atom. The number of aliphatic carboxylic acids is 1. The summed E-state index contributed by atoms with van der Waals surface area (Å²) in [7, 11) is 0. The minimum Gasteiger partial charge on any atom is -0.480 e. The summed E-state index contributed by atoms with van der Waals surface area (Å²) in [6.07, 6.45) is 4.18. The maximum absolute atomic E-state index is 12.1. The molecule has 27 heteroatoms. The fraction of sp³-hybridized carbons (Fsp3) is 0.628. The Kier molecular flexibility index (Phi) is 34.7. The van der Waals surface area contributed by atoms with Crippen molar-refractivity contribution in [3.05, 3.63) is 22.1 Å². The molecule has 0 aliphatic heterocycles. The fourth-order valence-corrected chi connectivity index (χ4v) is 5.32. The number of aromatic nitrogens is 2. The molecule has 3 amide bonds. The maximum atomic E-state index is 12.1. The largest absolute Gasteiger partial charge is 0.480 e. The van der Waals surface area contributed by atoms with Gasteiger partial charge in [0.05, 0.1) is 40.8 Å². The number of carboxylic acids is 1. The van der Waals surface area contributed by atoms with E-state index in [1.54, 1.807) is 96.9 Å². The predicted octanol–water partition coefficient (Wildman–Crippen LogP) is 3.46. The zero-order chi connectivity index (χ0) is 53.3. The summed E-state index contributed by atoms with van der Waals surface area (Å²) < 4.78 is 15.4. The van der Waals surface area contributed by atoms with Crippen molar-refractivity contribution in [2.45, 2.75) is 157 Å². The summed E-state index contributed by atoms with van der Waals surface area (Å²) in [5, 5.41) is 22.0. The number of halogens is 2. The van der Waals surface area contributed by atoms with E-state index in [0.717, 1.165) is 22.7 Å². The zero-order valence-corrected chi connectivity index (χ0v) is 45.6. The van der Waals surface area contributed by atoms with Crippen LogP contribution in [0.25, 0.3) is 0 Å². The number of nitrogens with two attached hydrogens (primary N) is 2. The van der Waals surface area contributed by atoms with Gasteiger partial charge in [-0.25, -0.2) is 24.4 Å². The van der Waals surface area contributed by atoms with Gasteiger partial charge in [-0.2, -0.15) is 0 Å². The summed E-state index contributed by atoms with van der Waals surface area (Å²) in [6.45, 7) is 25.0. The van der Waals surface area contributed by atoms with Gasteiger partial charge < -0.3 is 57.4 Å². The molecule has 0 saturated carbocycles. The summed E-state index contributed by atoms with van der Waals surface area (Å²) in [5.41, 5.74) is 8.96. The number of amides is 3. The molecule has 400 valence electrons. The molecule has 0 unspecified atom stereocenters. The summed E-state index contributed by atoms with van der Waals surface area (Å²) in [4.78, 5) is 121. The lowest BCUT2D eigenvalue weighted by atomic mass is 10.0. The second-order valence-electron chi connectivity index (χ2n) is 18.0. The van der Waals surface area contributed by atoms with Crippen LogP contribution in [0.5, 0.6) is 0 Å². The van der Waals surface area contributed by atoms with Crippen LogP contribution in [-0.4, -0.2) is 135 Å². The van der Waals surface area contributed by atoms with Crippen molar-refractivity contribution in [2.75, 3.05) is 23.7 Å². The van der Waals surface area contributed by atoms with E-state index < -0.39 is 82.7 Å². The van der Waals surface area contributed by atoms with Gasteiger partial charge >= 0.3 is 23.9 Å². The number of aldehydes is 2. The van der Waals surface area contributed by atoms with Gasteiger partial charge in [0, 0.05) is 12.3 Å². The van der Waals surface area contributed by atoms with Crippen molar-refractivity contribution >= 4 is 118 Å². The number of esters is 3. The van der Waals surface area contributed by atoms with E-state index in [-0.39, 0.29) is 61.9 Å². The molecule has 0 fully saturated rings. The first kappa shape index (κ1) is 71.2. The van der Waals surface area contributed by atoms with Crippen molar-refractivity contribution in [1.29, 1.82) is 0 Å². The van der Waals surface area contributed by atoms with Crippen LogP contribution in [0.1, 0.15) is 130 Å². The number of nitrogens with zero attached hydrogens (tertiary/aromatic N) is 2. The zero-order valence-electron chi connectivity index (χ0n) is 42.3. The van der Waals surface area contributed by atoms with Gasteiger partial charge in [-0.3, -0.25) is 33.6 Å². The highest BCUT2D eigenvalue weighted by atomic mass is 35.5. The molecular formula is C43H73Cl2N9O14S2. The number of nitrogens with one attached hydrogen (secondary N) is 5. The Balaban J connectivity index is -0.000000431. The molecule has 2 aromatic heterocycles. The Labute approximate surface area is 429 Å². The molecule has 70 heavy (non-hydrogen) atoms. The number of anilines is 2. The van der Waals surface area contributed by atoms with E-state index in [1.165, 1.54) is 19.3 Å². The molecule has 0 saturated heterocycles. The van der Waals surface area contributed by atoms with Gasteiger partial charge in [0.15, 0.2) is 28.6 Å². The monoisotopic (exact) mass is 1070 g/mol. The first-order chi connectivity index (χ1) is 31.0. The Morgan fingerprint density at radius 2 is 0.886 bits per heavy atom. The van der Waals surface area contributed by atoms with Crippen molar-refractivity contribution in [3.63, 3.8) is 0 Å². The predicted molar refractivity (Wildman–Crippen MR) is 271 cm³/mol. The van der Waals surface area contributed by atoms with Gasteiger partial charge in [0.1, 0.15) is 41.5 Å². The fourth-order valence-electron chi connectivity index (χ4n) is 4.07. The quantitative estimate of drug-likeness (QED) is 0.0567. The topological polar surface area (TPSA) is 357 Å². The minimum atomic E-state index is -0.960. The van der Waals surface area contributed by atoms with Crippen LogP contribution in [-0.2, 0) is 52.6 Å². The van der Waals surface area contributed by atoms with E-state index in [1.807, 2.05) is 0 Å². The Hall–Kier alpha value is -5.34. The summed E-state index contributed by atoms with van der Waals surface area (Å²) in [6, 6.07) is -3.41. The number of rotatable bonds is 19. The van der Waals surface area contributed by atoms with Crippen molar-refractivity contribution in [3.8, 4) is 0 Å². The van der Waals surface area contributed by atoms with Crippen LogP contribution < -0.4 is 38.1 Å². The molecule has 0 spiro atoms. The van der Waals surface area contributed by atoms with Crippen LogP contribution in [0.4, 0.5) is 10.3 Å². The highest BCUT2D eigenvalue weighted by Crippen LogP contribution is 2.17. The Morgan fingerprint density at radius 3 is 1.14 bits per heavy atom. The molecular weight excluding hydrogens is 1000 g/mol. The molecule has 6 atom stereocenters. The molecule has 2 rings (SSSR count). The lowest BCUT2D eigenvalue weighted by Gasteiger charge is -2.23. The van der Waals surface area contributed by atoms with Crippen molar-refractivity contribution in [1.82, 2.24) is 25.9 Å². The first-order valence-electron chi connectivity index (χ1n) is 21.1. The highest BCUT2D eigenvalue weighted by Gasteiger charge is 2.27. The van der Waals surface area contributed by atoms with Gasteiger partial charge in [-0.05, 0) is 96.9 Å². The average molecular weight is 1080 g/mol. The van der Waals surface area contributed by atoms with E-state index in [2.05, 4.69) is 36.6 Å². The van der Waals surface area contributed by atoms with Gasteiger partial charge in [-0.1, -0.05) is 29.6 Å². The van der Waals surface area contributed by atoms with Crippen molar-refractivity contribution < 1.29 is 67.3 Å². The van der Waals surface area contributed by atoms with Crippen LogP contribution >= 0.6 is 47.5 Å². The number of Topliss-reactive ketones (excluding diaryl/α,β-unsaturated/α-hetero) is 1. The molecule has 0 bridgehead atoms. The second kappa shape index (κ2) is 34.1. The smallest absolute Gasteiger partial charge is 0.328 e. The number of hydrogen-bond acceptors (Lipinski definition) is 21. The van der Waals surface area contributed by atoms with Gasteiger partial charge in [0.2, 0.25) is 17.7 Å². The molecule has 2 heterocycles. The van der Waals surface area contributed by atoms with E-state index in [0.29, 0.717) is 32.6 Å². The minimum absolute atomic E-state index is 0. The molecule has 23 nitrogen and oxygen atoms in total. The number of carbonyl (C=O) groups is 10. The Bertz CT molecular complexity index is 1940. The standard InChI is InChI=1S/C17H25N3O5S.2C10H20N2O3.C6H6N2O3S.2ClH/c1-10(14(23)20-11(2)15(24)25-17(3,4)5)6-12(22)7-18-16-19-8-13(9-21)26-16;2*1-6(11)8(13)12-7(2)9(14)15-10(3,4)5;9-3-4-1-7-6(12-4)8-2-5(10)11;;/h8-11H,6-7H2,1-5H3,(H,18,19)(H,20,23);2*6-7H,11H2,1-5H3,(H,12,13);1,3H,2H2,(H,7,8)(H,10,11);2*1H/t10-,11+;2*6-,7-;;;/m100.../s1. The molecule has 0 aliphatic carbocycles. The SMILES string of the molecule is C[C@H](CC(=O)CNc1ncc(C=O)s1)C(=O)N[C@@H](C)C(=O)OC(C)(C)C.C[C@H](N)C(=O)N[C@@H](C)C(=O)OC(C)(C)C.C[C@H](N)C(=O)N[C@@H](C)C(=O)OC(C)(C)C.Cl.Cl.O=Cc1cnc(NCC(=O)O)s1. The molecule has 2 aromatic rings.